The summed E-state index contributed by atoms with van der Waals surface area (Å²) in [6, 6.07) is 23.5. The van der Waals surface area contributed by atoms with E-state index in [2.05, 4.69) is 15.0 Å². The van der Waals surface area contributed by atoms with Crippen molar-refractivity contribution in [2.45, 2.75) is 20.1 Å². The lowest BCUT2D eigenvalue weighted by atomic mass is 10.2. The highest BCUT2D eigenvalue weighted by Crippen LogP contribution is 2.27. The molecule has 164 valence electrons. The first-order chi connectivity index (χ1) is 16.2. The number of rotatable bonds is 7. The SMILES string of the molecule is Cc1cc(-c2cnc(-c3ccccn3)[nH]2)nn1Cc1cc(Cl)ccc1OCc1ccccc1. The van der Waals surface area contributed by atoms with E-state index in [4.69, 9.17) is 21.4 Å². The number of halogens is 1. The van der Waals surface area contributed by atoms with Crippen LogP contribution in [0.25, 0.3) is 22.9 Å². The third kappa shape index (κ3) is 4.81. The van der Waals surface area contributed by atoms with E-state index in [1.165, 1.54) is 0 Å². The lowest BCUT2D eigenvalue weighted by molar-refractivity contribution is 0.302. The van der Waals surface area contributed by atoms with Crippen LogP contribution < -0.4 is 4.74 Å². The predicted octanol–water partition coefficient (Wildman–Crippen LogP) is 5.92. The van der Waals surface area contributed by atoms with Gasteiger partial charge in [0.25, 0.3) is 0 Å². The zero-order valence-electron chi connectivity index (χ0n) is 18.1. The fourth-order valence-corrected chi connectivity index (χ4v) is 3.79. The van der Waals surface area contributed by atoms with Crippen molar-refractivity contribution in [3.05, 3.63) is 107 Å². The van der Waals surface area contributed by atoms with Gasteiger partial charge in [-0.05, 0) is 48.9 Å². The number of ether oxygens (including phenoxy) is 1. The molecule has 0 saturated carbocycles. The van der Waals surface area contributed by atoms with E-state index in [0.717, 1.165) is 39.7 Å². The number of hydrogen-bond donors (Lipinski definition) is 1. The van der Waals surface area contributed by atoms with Crippen LogP contribution in [0.1, 0.15) is 16.8 Å². The molecule has 7 heteroatoms. The summed E-state index contributed by atoms with van der Waals surface area (Å²) in [4.78, 5) is 12.1. The Morgan fingerprint density at radius 2 is 1.79 bits per heavy atom. The number of hydrogen-bond acceptors (Lipinski definition) is 4. The van der Waals surface area contributed by atoms with Crippen LogP contribution in [0, 0.1) is 6.92 Å². The number of benzene rings is 2. The molecule has 0 aliphatic carbocycles. The van der Waals surface area contributed by atoms with Crippen LogP contribution in [0.2, 0.25) is 5.02 Å². The fraction of sp³-hybridized carbons (Fsp3) is 0.115. The zero-order valence-corrected chi connectivity index (χ0v) is 18.8. The number of H-pyrrole nitrogens is 1. The largest absolute Gasteiger partial charge is 0.489 e. The van der Waals surface area contributed by atoms with Gasteiger partial charge in [0, 0.05) is 22.5 Å². The number of pyridine rings is 1. The average molecular weight is 456 g/mol. The maximum absolute atomic E-state index is 6.30. The molecule has 0 fully saturated rings. The van der Waals surface area contributed by atoms with Crippen LogP contribution in [0.3, 0.4) is 0 Å². The van der Waals surface area contributed by atoms with Gasteiger partial charge >= 0.3 is 0 Å². The molecule has 1 N–H and O–H groups in total. The Kier molecular flexibility index (Phi) is 5.91. The van der Waals surface area contributed by atoms with Crippen molar-refractivity contribution >= 4 is 11.6 Å². The normalized spacial score (nSPS) is 11.0. The maximum atomic E-state index is 6.30. The van der Waals surface area contributed by atoms with Gasteiger partial charge in [-0.15, -0.1) is 0 Å². The molecule has 0 spiro atoms. The molecule has 0 aliphatic heterocycles. The number of aromatic amines is 1. The van der Waals surface area contributed by atoms with E-state index in [0.29, 0.717) is 24.0 Å². The molecule has 2 aromatic carbocycles. The summed E-state index contributed by atoms with van der Waals surface area (Å²) < 4.78 is 8.05. The van der Waals surface area contributed by atoms with Crippen molar-refractivity contribution < 1.29 is 4.74 Å². The Hall–Kier alpha value is -3.90. The summed E-state index contributed by atoms with van der Waals surface area (Å²) in [6.07, 6.45) is 3.53. The lowest BCUT2D eigenvalue weighted by Crippen LogP contribution is -2.06. The van der Waals surface area contributed by atoms with Crippen LogP contribution in [-0.4, -0.2) is 24.7 Å². The van der Waals surface area contributed by atoms with Crippen LogP contribution in [0.5, 0.6) is 5.75 Å². The minimum atomic E-state index is 0.489. The van der Waals surface area contributed by atoms with Gasteiger partial charge in [-0.1, -0.05) is 48.0 Å². The molecule has 0 saturated heterocycles. The van der Waals surface area contributed by atoms with Crippen LogP contribution in [0.4, 0.5) is 0 Å². The van der Waals surface area contributed by atoms with Gasteiger partial charge in [0.2, 0.25) is 0 Å². The molecular formula is C26H22ClN5O. The predicted molar refractivity (Wildman–Crippen MR) is 129 cm³/mol. The highest BCUT2D eigenvalue weighted by atomic mass is 35.5. The van der Waals surface area contributed by atoms with Crippen molar-refractivity contribution in [2.24, 2.45) is 0 Å². The summed E-state index contributed by atoms with van der Waals surface area (Å²) in [5.41, 5.74) is 5.54. The number of aryl methyl sites for hydroxylation is 1. The maximum Gasteiger partial charge on any atom is 0.156 e. The second-order valence-corrected chi connectivity index (χ2v) is 8.15. The number of nitrogens with zero attached hydrogens (tertiary/aromatic N) is 4. The van der Waals surface area contributed by atoms with Crippen LogP contribution in [-0.2, 0) is 13.2 Å². The molecule has 0 radical (unpaired) electrons. The van der Waals surface area contributed by atoms with Gasteiger partial charge in [0.15, 0.2) is 5.82 Å². The number of aromatic nitrogens is 5. The van der Waals surface area contributed by atoms with Crippen molar-refractivity contribution in [3.8, 4) is 28.7 Å². The molecule has 0 unspecified atom stereocenters. The van der Waals surface area contributed by atoms with Gasteiger partial charge in [-0.3, -0.25) is 9.67 Å². The topological polar surface area (TPSA) is 68.6 Å². The summed E-state index contributed by atoms with van der Waals surface area (Å²) in [6.45, 7) is 3.06. The summed E-state index contributed by atoms with van der Waals surface area (Å²) in [7, 11) is 0. The van der Waals surface area contributed by atoms with Crippen molar-refractivity contribution in [3.63, 3.8) is 0 Å². The zero-order chi connectivity index (χ0) is 22.6. The van der Waals surface area contributed by atoms with E-state index in [-0.39, 0.29) is 0 Å². The summed E-state index contributed by atoms with van der Waals surface area (Å²) in [5.74, 6) is 1.50. The van der Waals surface area contributed by atoms with Gasteiger partial charge < -0.3 is 9.72 Å². The van der Waals surface area contributed by atoms with E-state index in [1.54, 1.807) is 12.4 Å². The third-order valence-electron chi connectivity index (χ3n) is 5.32. The first-order valence-electron chi connectivity index (χ1n) is 10.6. The van der Waals surface area contributed by atoms with Gasteiger partial charge in [0.05, 0.1) is 18.4 Å². The highest BCUT2D eigenvalue weighted by molar-refractivity contribution is 6.30. The molecule has 5 aromatic rings. The van der Waals surface area contributed by atoms with E-state index < -0.39 is 0 Å². The van der Waals surface area contributed by atoms with Crippen molar-refractivity contribution in [1.82, 2.24) is 24.7 Å². The molecule has 5 rings (SSSR count). The molecule has 0 bridgehead atoms. The Morgan fingerprint density at radius 3 is 2.61 bits per heavy atom. The molecule has 33 heavy (non-hydrogen) atoms. The quantitative estimate of drug-likeness (QED) is 0.330. The Bertz CT molecular complexity index is 1360. The second-order valence-electron chi connectivity index (χ2n) is 7.72. The van der Waals surface area contributed by atoms with E-state index >= 15 is 0 Å². The summed E-state index contributed by atoms with van der Waals surface area (Å²) in [5, 5.41) is 5.46. The molecule has 3 heterocycles. The van der Waals surface area contributed by atoms with Crippen LogP contribution >= 0.6 is 11.6 Å². The Morgan fingerprint density at radius 1 is 0.939 bits per heavy atom. The van der Waals surface area contributed by atoms with Crippen molar-refractivity contribution in [2.75, 3.05) is 0 Å². The van der Waals surface area contributed by atoms with E-state index in [9.17, 15) is 0 Å². The third-order valence-corrected chi connectivity index (χ3v) is 5.56. The number of nitrogens with one attached hydrogen (secondary N) is 1. The molecule has 3 aromatic heterocycles. The molecule has 0 aliphatic rings. The first kappa shape index (κ1) is 21.0. The minimum absolute atomic E-state index is 0.489. The smallest absolute Gasteiger partial charge is 0.156 e. The number of imidazole rings is 1. The average Bonchev–Trinajstić information content (AvgIpc) is 3.47. The molecule has 6 nitrogen and oxygen atoms in total. The van der Waals surface area contributed by atoms with Crippen molar-refractivity contribution in [1.29, 1.82) is 0 Å². The van der Waals surface area contributed by atoms with Gasteiger partial charge in [-0.2, -0.15) is 5.10 Å². The monoisotopic (exact) mass is 455 g/mol. The first-order valence-corrected chi connectivity index (χ1v) is 11.0. The summed E-state index contributed by atoms with van der Waals surface area (Å²) >= 11 is 6.30. The fourth-order valence-electron chi connectivity index (χ4n) is 3.60. The van der Waals surface area contributed by atoms with Crippen LogP contribution in [0.15, 0.2) is 85.2 Å². The molecule has 0 atom stereocenters. The van der Waals surface area contributed by atoms with Gasteiger partial charge in [-0.25, -0.2) is 4.98 Å². The highest BCUT2D eigenvalue weighted by Gasteiger charge is 2.13. The van der Waals surface area contributed by atoms with E-state index in [1.807, 2.05) is 84.4 Å². The minimum Gasteiger partial charge on any atom is -0.489 e. The Labute approximate surface area is 196 Å². The molecule has 0 amide bonds. The Balaban J connectivity index is 1.37. The standard InChI is InChI=1S/C26H22ClN5O/c1-18-13-23(24-15-29-26(30-24)22-9-5-6-12-28-22)31-32(18)16-20-14-21(27)10-11-25(20)33-17-19-7-3-2-4-8-19/h2-15H,16-17H2,1H3,(H,29,30). The van der Waals surface area contributed by atoms with Gasteiger partial charge in [0.1, 0.15) is 23.7 Å². The second kappa shape index (κ2) is 9.30. The lowest BCUT2D eigenvalue weighted by Gasteiger charge is -2.13. The molecular weight excluding hydrogens is 434 g/mol.